The molecule has 2 heterocycles. The molecule has 2 aliphatic heterocycles. The highest BCUT2D eigenvalue weighted by molar-refractivity contribution is 6.96. The first-order valence-electron chi connectivity index (χ1n) is 8.81. The molecule has 2 fully saturated rings. The zero-order chi connectivity index (χ0) is 18.0. The lowest BCUT2D eigenvalue weighted by molar-refractivity contribution is -0.138. The Morgan fingerprint density at radius 1 is 0.957 bits per heavy atom. The van der Waals surface area contributed by atoms with Gasteiger partial charge in [0, 0.05) is 5.54 Å². The Labute approximate surface area is 144 Å². The molecule has 0 aromatic heterocycles. The molecule has 0 aromatic carbocycles. The molecule has 0 radical (unpaired) electrons. The van der Waals surface area contributed by atoms with Crippen molar-refractivity contribution >= 4 is 28.2 Å². The normalized spacial score (nSPS) is 30.0. The van der Waals surface area contributed by atoms with E-state index in [9.17, 15) is 4.79 Å². The molecule has 23 heavy (non-hydrogen) atoms. The molecule has 0 bridgehead atoms. The average molecular weight is 354 g/mol. The van der Waals surface area contributed by atoms with E-state index in [1.165, 1.54) is 12.1 Å². The van der Waals surface area contributed by atoms with Crippen molar-refractivity contribution in [2.45, 2.75) is 96.9 Å². The number of amides is 1. The number of β-lactam (4-membered cyclic amide) rings is 1. The Kier molecular flexibility index (Phi) is 4.32. The minimum Gasteiger partial charge on any atom is -0.329 e. The van der Waals surface area contributed by atoms with Gasteiger partial charge >= 0.3 is 0 Å². The van der Waals surface area contributed by atoms with Crippen LogP contribution in [0.5, 0.6) is 0 Å². The Hall–Kier alpha value is -0.466. The molecule has 0 aliphatic carbocycles. The quantitative estimate of drug-likeness (QED) is 0.529. The first-order chi connectivity index (χ1) is 10.1. The highest BCUT2D eigenvalue weighted by Gasteiger charge is 2.61. The SMILES string of the molecule is CC(C)(C)/N=C1\C(N2[Si](C)(C)CC[Si]2(C)C)C(=O)N1C(C)(C)C. The van der Waals surface area contributed by atoms with Gasteiger partial charge in [0.2, 0.25) is 0 Å². The van der Waals surface area contributed by atoms with Crippen LogP contribution in [0.15, 0.2) is 4.99 Å². The summed E-state index contributed by atoms with van der Waals surface area (Å²) in [7, 11) is -3.04. The van der Waals surface area contributed by atoms with Crippen LogP contribution >= 0.6 is 0 Å². The van der Waals surface area contributed by atoms with Crippen LogP contribution in [-0.2, 0) is 4.79 Å². The molecular formula is C17H35N3OSi2. The maximum atomic E-state index is 13.1. The third-order valence-electron chi connectivity index (χ3n) is 4.96. The van der Waals surface area contributed by atoms with Crippen LogP contribution in [-0.4, -0.2) is 54.5 Å². The fraction of sp³-hybridized carbons (Fsp3) is 0.882. The molecule has 2 aliphatic rings. The lowest BCUT2D eigenvalue weighted by Crippen LogP contribution is -2.78. The van der Waals surface area contributed by atoms with Crippen LogP contribution in [0.1, 0.15) is 41.5 Å². The van der Waals surface area contributed by atoms with E-state index in [4.69, 9.17) is 4.99 Å². The summed E-state index contributed by atoms with van der Waals surface area (Å²) in [5, 5.41) is 0. The summed E-state index contributed by atoms with van der Waals surface area (Å²) in [5.41, 5.74) is -0.357. The van der Waals surface area contributed by atoms with Gasteiger partial charge in [-0.15, -0.1) is 0 Å². The average Bonchev–Trinajstić information content (AvgIpc) is 2.48. The molecule has 1 atom stereocenters. The van der Waals surface area contributed by atoms with E-state index in [0.29, 0.717) is 0 Å². The summed E-state index contributed by atoms with van der Waals surface area (Å²) in [6, 6.07) is 2.54. The Bertz CT molecular complexity index is 525. The molecule has 2 saturated heterocycles. The summed E-state index contributed by atoms with van der Waals surface area (Å²) >= 11 is 0. The molecule has 6 heteroatoms. The van der Waals surface area contributed by atoms with Gasteiger partial charge in [-0.3, -0.25) is 14.7 Å². The van der Waals surface area contributed by atoms with Crippen molar-refractivity contribution in [2.24, 2.45) is 4.99 Å². The molecule has 1 unspecified atom stereocenters. The molecule has 132 valence electrons. The number of nitrogens with zero attached hydrogens (tertiary/aromatic N) is 3. The molecule has 4 nitrogen and oxygen atoms in total. The molecular weight excluding hydrogens is 318 g/mol. The van der Waals surface area contributed by atoms with Crippen LogP contribution in [0.4, 0.5) is 0 Å². The van der Waals surface area contributed by atoms with Crippen LogP contribution in [0.25, 0.3) is 0 Å². The van der Waals surface area contributed by atoms with Crippen LogP contribution < -0.4 is 0 Å². The number of hydrogen-bond donors (Lipinski definition) is 0. The van der Waals surface area contributed by atoms with E-state index in [1.54, 1.807) is 0 Å². The van der Waals surface area contributed by atoms with Crippen LogP contribution in [0, 0.1) is 0 Å². The zero-order valence-electron chi connectivity index (χ0n) is 16.7. The van der Waals surface area contributed by atoms with Crippen molar-refractivity contribution < 1.29 is 4.79 Å². The number of likely N-dealkylation sites (tertiary alicyclic amines) is 1. The zero-order valence-corrected chi connectivity index (χ0v) is 18.7. The molecule has 0 N–H and O–H groups in total. The van der Waals surface area contributed by atoms with Crippen molar-refractivity contribution in [1.29, 1.82) is 0 Å². The highest BCUT2D eigenvalue weighted by Crippen LogP contribution is 2.43. The first kappa shape index (κ1) is 18.9. The minimum absolute atomic E-state index is 0.0840. The third kappa shape index (κ3) is 3.35. The van der Waals surface area contributed by atoms with E-state index in [0.717, 1.165) is 5.84 Å². The van der Waals surface area contributed by atoms with Crippen molar-refractivity contribution in [1.82, 2.24) is 9.13 Å². The highest BCUT2D eigenvalue weighted by atomic mass is 28.4. The van der Waals surface area contributed by atoms with Gasteiger partial charge in [0.05, 0.1) is 5.54 Å². The molecule has 0 spiro atoms. The van der Waals surface area contributed by atoms with Crippen molar-refractivity contribution in [2.75, 3.05) is 0 Å². The Morgan fingerprint density at radius 2 is 1.39 bits per heavy atom. The lowest BCUT2D eigenvalue weighted by atomic mass is 9.94. The number of rotatable bonds is 1. The molecule has 0 saturated carbocycles. The molecule has 0 aromatic rings. The van der Waals surface area contributed by atoms with E-state index in [2.05, 4.69) is 72.0 Å². The summed E-state index contributed by atoms with van der Waals surface area (Å²) < 4.78 is 2.69. The minimum atomic E-state index is -1.52. The van der Waals surface area contributed by atoms with E-state index < -0.39 is 16.5 Å². The van der Waals surface area contributed by atoms with Gasteiger partial charge in [-0.25, -0.2) is 0 Å². The summed E-state index contributed by atoms with van der Waals surface area (Å²) in [4.78, 5) is 20.1. The number of carbonyl (C=O) groups is 1. The predicted octanol–water partition coefficient (Wildman–Crippen LogP) is 3.92. The Morgan fingerprint density at radius 3 is 1.74 bits per heavy atom. The van der Waals surface area contributed by atoms with Crippen LogP contribution in [0.3, 0.4) is 0 Å². The lowest BCUT2D eigenvalue weighted by Gasteiger charge is -2.56. The van der Waals surface area contributed by atoms with E-state index in [1.807, 2.05) is 4.90 Å². The van der Waals surface area contributed by atoms with Gasteiger partial charge in [0.15, 0.2) is 0 Å². The van der Waals surface area contributed by atoms with Crippen LogP contribution in [0.2, 0.25) is 38.3 Å². The second-order valence-corrected chi connectivity index (χ2v) is 20.0. The number of aliphatic imine (C=N–C) groups is 1. The van der Waals surface area contributed by atoms with Gasteiger partial charge in [-0.1, -0.05) is 26.2 Å². The van der Waals surface area contributed by atoms with Crippen molar-refractivity contribution in [3.8, 4) is 0 Å². The maximum Gasteiger partial charge on any atom is 0.252 e. The molecule has 1 amide bonds. The topological polar surface area (TPSA) is 35.9 Å². The summed E-state index contributed by atoms with van der Waals surface area (Å²) in [5.74, 6) is 1.28. The van der Waals surface area contributed by atoms with Gasteiger partial charge in [0.1, 0.15) is 28.3 Å². The van der Waals surface area contributed by atoms with Gasteiger partial charge in [-0.2, -0.15) is 0 Å². The second kappa shape index (κ2) is 5.26. The van der Waals surface area contributed by atoms with Gasteiger partial charge < -0.3 is 4.23 Å². The summed E-state index contributed by atoms with van der Waals surface area (Å²) in [6.07, 6.45) is 0. The predicted molar refractivity (Wildman–Crippen MR) is 104 cm³/mol. The van der Waals surface area contributed by atoms with Gasteiger partial charge in [0.25, 0.3) is 5.91 Å². The second-order valence-electron chi connectivity index (χ2n) is 10.4. The molecule has 2 rings (SSSR count). The smallest absolute Gasteiger partial charge is 0.252 e. The standard InChI is InChI=1S/C17H35N3OSi2/c1-16(2,3)18-14-13(15(21)19(14)17(4,5)6)20-22(7,8)11-12-23(20,9)10/h13H,11-12H2,1-10H3/b18-14+. The van der Waals surface area contributed by atoms with Crippen molar-refractivity contribution in [3.63, 3.8) is 0 Å². The Balaban J connectivity index is 2.50. The third-order valence-corrected chi connectivity index (χ3v) is 15.2. The first-order valence-corrected chi connectivity index (χ1v) is 15.1. The largest absolute Gasteiger partial charge is 0.329 e. The number of amidine groups is 1. The fourth-order valence-corrected chi connectivity index (χ4v) is 18.6. The monoisotopic (exact) mass is 353 g/mol. The number of hydrogen-bond acceptors (Lipinski definition) is 3. The summed E-state index contributed by atoms with van der Waals surface area (Å²) in [6.45, 7) is 22.4. The maximum absolute atomic E-state index is 13.1. The van der Waals surface area contributed by atoms with E-state index in [-0.39, 0.29) is 23.0 Å². The van der Waals surface area contributed by atoms with Crippen molar-refractivity contribution in [3.05, 3.63) is 0 Å². The van der Waals surface area contributed by atoms with Gasteiger partial charge in [-0.05, 0) is 53.6 Å². The fourth-order valence-electron chi connectivity index (χ4n) is 4.13. The van der Waals surface area contributed by atoms with E-state index >= 15 is 0 Å². The number of carbonyl (C=O) groups excluding carboxylic acids is 1.